The van der Waals surface area contributed by atoms with Gasteiger partial charge in [-0.25, -0.2) is 0 Å². The van der Waals surface area contributed by atoms with Crippen LogP contribution in [0.1, 0.15) is 55.6 Å². The number of halogens is 1. The number of ketones is 1. The van der Waals surface area contributed by atoms with E-state index in [-0.39, 0.29) is 11.3 Å². The summed E-state index contributed by atoms with van der Waals surface area (Å²) in [6.45, 7) is 1.79. The number of hydrogen-bond donors (Lipinski definition) is 2. The van der Waals surface area contributed by atoms with Crippen LogP contribution in [0.15, 0.2) is 40.3 Å². The number of rotatable bonds is 2. The van der Waals surface area contributed by atoms with Crippen molar-refractivity contribution in [1.29, 1.82) is 0 Å². The minimum Gasteiger partial charge on any atom is -0.343 e. The minimum absolute atomic E-state index is 0.0916. The van der Waals surface area contributed by atoms with E-state index >= 15 is 0 Å². The zero-order valence-corrected chi connectivity index (χ0v) is 16.9. The molecule has 0 saturated carbocycles. The van der Waals surface area contributed by atoms with Crippen LogP contribution in [0.4, 0.5) is 11.8 Å². The molecule has 1 aromatic heterocycles. The largest absolute Gasteiger partial charge is 0.343 e. The molecule has 0 amide bonds. The highest BCUT2D eigenvalue weighted by molar-refractivity contribution is 6.30. The number of piperidine rings is 1. The van der Waals surface area contributed by atoms with Crippen molar-refractivity contribution >= 4 is 29.2 Å². The van der Waals surface area contributed by atoms with Crippen LogP contribution in [-0.4, -0.2) is 28.8 Å². The average Bonchev–Trinajstić information content (AvgIpc) is 2.73. The third kappa shape index (κ3) is 3.25. The lowest BCUT2D eigenvalue weighted by atomic mass is 9.76. The molecule has 2 N–H and O–H groups in total. The molecule has 1 atom stereocenters. The fourth-order valence-corrected chi connectivity index (χ4v) is 4.92. The molecule has 0 unspecified atom stereocenters. The van der Waals surface area contributed by atoms with Gasteiger partial charge in [0.2, 0.25) is 5.95 Å². The maximum Gasteiger partial charge on any atom is 0.258 e. The van der Waals surface area contributed by atoms with Crippen LogP contribution in [0, 0.1) is 0 Å². The molecule has 2 aromatic rings. The van der Waals surface area contributed by atoms with Gasteiger partial charge >= 0.3 is 0 Å². The zero-order valence-electron chi connectivity index (χ0n) is 16.1. The summed E-state index contributed by atoms with van der Waals surface area (Å²) < 4.78 is 0. The summed E-state index contributed by atoms with van der Waals surface area (Å²) in [6, 6.07) is 7.42. The molecule has 5 rings (SSSR count). The number of allylic oxidation sites excluding steroid dienone is 2. The smallest absolute Gasteiger partial charge is 0.258 e. The number of carbonyl (C=O) groups excluding carboxylic acids is 1. The molecule has 1 aromatic carbocycles. The van der Waals surface area contributed by atoms with Crippen molar-refractivity contribution < 1.29 is 4.79 Å². The van der Waals surface area contributed by atoms with Gasteiger partial charge in [-0.15, -0.1) is 0 Å². The summed E-state index contributed by atoms with van der Waals surface area (Å²) in [7, 11) is 0. The van der Waals surface area contributed by atoms with Gasteiger partial charge in [-0.2, -0.15) is 4.98 Å². The first-order valence-corrected chi connectivity index (χ1v) is 10.7. The molecule has 2 aliphatic heterocycles. The molecule has 3 heterocycles. The Kier molecular flexibility index (Phi) is 4.66. The van der Waals surface area contributed by atoms with E-state index in [4.69, 9.17) is 16.6 Å². The number of nitrogens with zero attached hydrogens (tertiary/aromatic N) is 2. The lowest BCUT2D eigenvalue weighted by Gasteiger charge is -2.34. The second kappa shape index (κ2) is 7.34. The normalized spacial score (nSPS) is 21.5. The number of fused-ring (bicyclic) bond motifs is 1. The van der Waals surface area contributed by atoms with E-state index < -0.39 is 5.92 Å². The Bertz CT molecular complexity index is 1070. The molecule has 0 bridgehead atoms. The summed E-state index contributed by atoms with van der Waals surface area (Å²) in [4.78, 5) is 36.0. The maximum absolute atomic E-state index is 13.2. The van der Waals surface area contributed by atoms with E-state index in [1.807, 2.05) is 18.2 Å². The number of benzene rings is 1. The van der Waals surface area contributed by atoms with E-state index in [0.717, 1.165) is 50.0 Å². The number of carbonyl (C=O) groups is 1. The SMILES string of the molecule is O=C1CCCC2=C1[C@H](c1cccc(Cl)c1)c1c(nc(N3CCCCC3)[nH]c1=O)N2. The van der Waals surface area contributed by atoms with Gasteiger partial charge in [0.15, 0.2) is 5.78 Å². The van der Waals surface area contributed by atoms with Crippen molar-refractivity contribution in [2.24, 2.45) is 0 Å². The third-order valence-corrected chi connectivity index (χ3v) is 6.32. The topological polar surface area (TPSA) is 78.1 Å². The molecule has 3 aliphatic rings. The van der Waals surface area contributed by atoms with Gasteiger partial charge in [-0.1, -0.05) is 23.7 Å². The molecule has 0 spiro atoms. The van der Waals surface area contributed by atoms with Crippen molar-refractivity contribution in [2.75, 3.05) is 23.3 Å². The van der Waals surface area contributed by atoms with E-state index in [9.17, 15) is 9.59 Å². The fourth-order valence-electron chi connectivity index (χ4n) is 4.72. The second-order valence-corrected chi connectivity index (χ2v) is 8.42. The van der Waals surface area contributed by atoms with E-state index in [2.05, 4.69) is 15.2 Å². The van der Waals surface area contributed by atoms with Gasteiger partial charge in [0, 0.05) is 41.7 Å². The number of aromatic nitrogens is 2. The number of anilines is 2. The summed E-state index contributed by atoms with van der Waals surface area (Å²) in [5.41, 5.74) is 2.73. The molecular weight excluding hydrogens is 388 g/mol. The average molecular weight is 411 g/mol. The van der Waals surface area contributed by atoms with Crippen LogP contribution < -0.4 is 15.8 Å². The minimum atomic E-state index is -0.445. The fraction of sp³-hybridized carbons (Fsp3) is 0.409. The summed E-state index contributed by atoms with van der Waals surface area (Å²) in [5.74, 6) is 0.818. The molecule has 29 heavy (non-hydrogen) atoms. The number of nitrogens with one attached hydrogen (secondary N) is 2. The molecule has 6 nitrogen and oxygen atoms in total. The zero-order chi connectivity index (χ0) is 20.0. The first kappa shape index (κ1) is 18.4. The van der Waals surface area contributed by atoms with Gasteiger partial charge in [0.1, 0.15) is 5.82 Å². The highest BCUT2D eigenvalue weighted by Crippen LogP contribution is 2.43. The summed E-state index contributed by atoms with van der Waals surface area (Å²) >= 11 is 6.24. The van der Waals surface area contributed by atoms with Crippen LogP contribution in [-0.2, 0) is 4.79 Å². The van der Waals surface area contributed by atoms with Crippen molar-refractivity contribution in [3.8, 4) is 0 Å². The predicted molar refractivity (Wildman–Crippen MR) is 114 cm³/mol. The number of Topliss-reactive ketones (excluding diaryl/α,β-unsaturated/α-hetero) is 1. The molecular formula is C22H23ClN4O2. The third-order valence-electron chi connectivity index (χ3n) is 6.08. The highest BCUT2D eigenvalue weighted by Gasteiger charge is 2.38. The monoisotopic (exact) mass is 410 g/mol. The van der Waals surface area contributed by atoms with E-state index in [1.54, 1.807) is 6.07 Å². The first-order chi connectivity index (χ1) is 14.1. The van der Waals surface area contributed by atoms with Crippen molar-refractivity contribution in [2.45, 2.75) is 44.4 Å². The van der Waals surface area contributed by atoms with Gasteiger partial charge in [-0.3, -0.25) is 14.6 Å². The summed E-state index contributed by atoms with van der Waals surface area (Å²) in [6.07, 6.45) is 5.51. The quantitative estimate of drug-likeness (QED) is 0.783. The van der Waals surface area contributed by atoms with E-state index in [0.29, 0.717) is 34.3 Å². The lowest BCUT2D eigenvalue weighted by Crippen LogP contribution is -2.36. The number of H-pyrrole nitrogens is 1. The van der Waals surface area contributed by atoms with Gasteiger partial charge in [0.05, 0.1) is 5.56 Å². The summed E-state index contributed by atoms with van der Waals surface area (Å²) in [5, 5.41) is 3.92. The molecule has 1 saturated heterocycles. The number of hydrogen-bond acceptors (Lipinski definition) is 5. The van der Waals surface area contributed by atoms with Gasteiger partial charge in [0.25, 0.3) is 5.56 Å². The Balaban J connectivity index is 1.68. The van der Waals surface area contributed by atoms with Gasteiger partial charge in [-0.05, 0) is 49.8 Å². The Morgan fingerprint density at radius 2 is 1.90 bits per heavy atom. The van der Waals surface area contributed by atoms with Crippen LogP contribution in [0.3, 0.4) is 0 Å². The van der Waals surface area contributed by atoms with Crippen LogP contribution >= 0.6 is 11.6 Å². The molecule has 7 heteroatoms. The van der Waals surface area contributed by atoms with Crippen molar-refractivity contribution in [3.05, 3.63) is 62.0 Å². The Labute approximate surface area is 174 Å². The van der Waals surface area contributed by atoms with E-state index in [1.165, 1.54) is 6.42 Å². The number of aromatic amines is 1. The highest BCUT2D eigenvalue weighted by atomic mass is 35.5. The Hall–Kier alpha value is -2.60. The molecule has 1 fully saturated rings. The lowest BCUT2D eigenvalue weighted by molar-refractivity contribution is -0.116. The van der Waals surface area contributed by atoms with Crippen LogP contribution in [0.25, 0.3) is 0 Å². The predicted octanol–water partition coefficient (Wildman–Crippen LogP) is 3.98. The molecule has 150 valence electrons. The molecule has 0 radical (unpaired) electrons. The Morgan fingerprint density at radius 3 is 2.69 bits per heavy atom. The second-order valence-electron chi connectivity index (χ2n) is 7.98. The maximum atomic E-state index is 13.2. The van der Waals surface area contributed by atoms with Crippen LogP contribution in [0.2, 0.25) is 5.02 Å². The van der Waals surface area contributed by atoms with Crippen molar-refractivity contribution in [3.63, 3.8) is 0 Å². The molecule has 1 aliphatic carbocycles. The Morgan fingerprint density at radius 1 is 1.07 bits per heavy atom. The standard InChI is InChI=1S/C22H23ClN4O2/c23-14-7-4-6-13(12-14)17-18-15(8-5-9-16(18)28)24-20-19(17)21(29)26-22(25-20)27-10-2-1-3-11-27/h4,6-7,12,17H,1-3,5,8-11H2,(H2,24,25,26,29)/t17-/m0/s1. The van der Waals surface area contributed by atoms with Gasteiger partial charge < -0.3 is 10.2 Å². The van der Waals surface area contributed by atoms with Crippen molar-refractivity contribution in [1.82, 2.24) is 9.97 Å². The first-order valence-electron chi connectivity index (χ1n) is 10.3. The van der Waals surface area contributed by atoms with Crippen LogP contribution in [0.5, 0.6) is 0 Å².